The second-order valence-electron chi connectivity index (χ2n) is 13.3. The molecule has 242 valence electrons. The van der Waals surface area contributed by atoms with Crippen molar-refractivity contribution < 1.29 is 8.83 Å². The molecule has 2 aliphatic carbocycles. The Bertz CT molecular complexity index is 2110. The Balaban J connectivity index is 1.15. The summed E-state index contributed by atoms with van der Waals surface area (Å²) in [5.41, 5.74) is 15.3. The maximum Gasteiger partial charge on any atom is 0.130 e. The molecule has 0 aliphatic heterocycles. The van der Waals surface area contributed by atoms with Crippen molar-refractivity contribution in [3.63, 3.8) is 0 Å². The molecule has 2 heterocycles. The average Bonchev–Trinajstić information content (AvgIpc) is 3.88. The molecular weight excluding hydrogens is 659 g/mol. The van der Waals surface area contributed by atoms with Gasteiger partial charge in [-0.15, -0.1) is 0 Å². The Morgan fingerprint density at radius 3 is 1.29 bits per heavy atom. The van der Waals surface area contributed by atoms with Gasteiger partial charge < -0.3 is 8.83 Å². The standard InChI is InChI=1S/C44H36Cl2O2Si/c1-25-5-17-33-37(43(25)29-9-13-31(45)14-10-29)21-35(41-19-7-27(3)47-41)39(33)23-49-24-40-34-18-6-26(2)44(30-11-15-32(46)16-12-30)38(34)22-36(40)42-20-8-28(4)48-42/h5-22,39-40H,23-24H2,1-4H3. The zero-order valence-corrected chi connectivity index (χ0v) is 30.5. The number of halogens is 2. The first kappa shape index (κ1) is 32.0. The number of rotatable bonds is 8. The molecule has 0 fully saturated rings. The van der Waals surface area contributed by atoms with E-state index in [0.717, 1.165) is 54.7 Å². The Morgan fingerprint density at radius 2 is 0.918 bits per heavy atom. The van der Waals surface area contributed by atoms with E-state index in [1.807, 2.05) is 38.1 Å². The van der Waals surface area contributed by atoms with E-state index in [2.05, 4.69) is 98.8 Å². The molecule has 2 nitrogen and oxygen atoms in total. The number of benzene rings is 4. The Morgan fingerprint density at radius 1 is 0.510 bits per heavy atom. The first-order chi connectivity index (χ1) is 23.7. The predicted octanol–water partition coefficient (Wildman–Crippen LogP) is 13.3. The van der Waals surface area contributed by atoms with Gasteiger partial charge in [0.05, 0.1) is 0 Å². The summed E-state index contributed by atoms with van der Waals surface area (Å²) in [6.07, 6.45) is 4.76. The summed E-state index contributed by atoms with van der Waals surface area (Å²) in [5.74, 6) is 4.27. The van der Waals surface area contributed by atoms with E-state index in [9.17, 15) is 0 Å². The molecule has 0 saturated heterocycles. The lowest BCUT2D eigenvalue weighted by molar-refractivity contribution is 0.518. The second kappa shape index (κ2) is 12.9. The zero-order chi connectivity index (χ0) is 33.8. The van der Waals surface area contributed by atoms with Crippen LogP contribution in [0.25, 0.3) is 45.6 Å². The largest absolute Gasteiger partial charge is 0.462 e. The highest BCUT2D eigenvalue weighted by molar-refractivity contribution is 6.37. The van der Waals surface area contributed by atoms with Crippen molar-refractivity contribution in [2.45, 2.75) is 51.6 Å². The van der Waals surface area contributed by atoms with Gasteiger partial charge in [0.25, 0.3) is 0 Å². The molecule has 2 aliphatic rings. The molecule has 0 amide bonds. The molecule has 2 atom stereocenters. The van der Waals surface area contributed by atoms with E-state index < -0.39 is 0 Å². The van der Waals surface area contributed by atoms with Gasteiger partial charge in [-0.25, -0.2) is 0 Å². The van der Waals surface area contributed by atoms with Crippen molar-refractivity contribution in [3.05, 3.63) is 164 Å². The number of aryl methyl sites for hydroxylation is 4. The summed E-state index contributed by atoms with van der Waals surface area (Å²) < 4.78 is 12.6. The van der Waals surface area contributed by atoms with Crippen LogP contribution >= 0.6 is 23.2 Å². The van der Waals surface area contributed by atoms with Crippen molar-refractivity contribution in [1.82, 2.24) is 0 Å². The lowest BCUT2D eigenvalue weighted by atomic mass is 9.90. The fourth-order valence-electron chi connectivity index (χ4n) is 7.73. The maximum atomic E-state index is 6.29. The molecule has 8 rings (SSSR count). The van der Waals surface area contributed by atoms with E-state index in [0.29, 0.717) is 0 Å². The van der Waals surface area contributed by atoms with Gasteiger partial charge in [-0.1, -0.05) is 71.7 Å². The van der Waals surface area contributed by atoms with Crippen molar-refractivity contribution >= 4 is 56.0 Å². The molecule has 2 aromatic heterocycles. The van der Waals surface area contributed by atoms with Gasteiger partial charge in [0, 0.05) is 42.5 Å². The van der Waals surface area contributed by atoms with Gasteiger partial charge in [-0.3, -0.25) is 0 Å². The minimum Gasteiger partial charge on any atom is -0.462 e. The maximum absolute atomic E-state index is 6.29. The van der Waals surface area contributed by atoms with Crippen molar-refractivity contribution in [3.8, 4) is 22.3 Å². The molecule has 6 aromatic rings. The van der Waals surface area contributed by atoms with E-state index in [1.165, 1.54) is 66.8 Å². The van der Waals surface area contributed by atoms with E-state index in [-0.39, 0.29) is 11.8 Å². The fourth-order valence-corrected chi connectivity index (χ4v) is 9.61. The van der Waals surface area contributed by atoms with Crippen molar-refractivity contribution in [1.29, 1.82) is 0 Å². The Hall–Kier alpha value is -4.28. The van der Waals surface area contributed by atoms with Crippen molar-refractivity contribution in [2.24, 2.45) is 0 Å². The molecule has 2 unspecified atom stereocenters. The lowest BCUT2D eigenvalue weighted by Gasteiger charge is -2.20. The molecule has 2 radical (unpaired) electrons. The Labute approximate surface area is 300 Å². The van der Waals surface area contributed by atoms with Crippen LogP contribution in [0.5, 0.6) is 0 Å². The van der Waals surface area contributed by atoms with Gasteiger partial charge in [0.2, 0.25) is 0 Å². The van der Waals surface area contributed by atoms with Gasteiger partial charge in [0.1, 0.15) is 23.0 Å². The molecule has 4 aromatic carbocycles. The van der Waals surface area contributed by atoms with Crippen molar-refractivity contribution in [2.75, 3.05) is 0 Å². The first-order valence-electron chi connectivity index (χ1n) is 16.8. The normalized spacial score (nSPS) is 16.4. The summed E-state index contributed by atoms with van der Waals surface area (Å²) in [5, 5.41) is 1.50. The quantitative estimate of drug-likeness (QED) is 0.148. The van der Waals surface area contributed by atoms with Crippen LogP contribution in [0, 0.1) is 27.7 Å². The molecule has 5 heteroatoms. The van der Waals surface area contributed by atoms with Gasteiger partial charge in [-0.05, 0) is 156 Å². The summed E-state index contributed by atoms with van der Waals surface area (Å²) in [7, 11) is 0.717. The molecule has 49 heavy (non-hydrogen) atoms. The fraction of sp³-hybridized carbons (Fsp3) is 0.182. The molecule has 0 saturated carbocycles. The van der Waals surface area contributed by atoms with Gasteiger partial charge in [0.15, 0.2) is 0 Å². The summed E-state index contributed by atoms with van der Waals surface area (Å²) in [6, 6.07) is 36.1. The van der Waals surface area contributed by atoms with E-state index >= 15 is 0 Å². The third-order valence-corrected chi connectivity index (χ3v) is 12.0. The molecule has 0 N–H and O–H groups in total. The van der Waals surface area contributed by atoms with Crippen LogP contribution in [0.15, 0.2) is 106 Å². The van der Waals surface area contributed by atoms with Crippen LogP contribution < -0.4 is 0 Å². The van der Waals surface area contributed by atoms with Crippen LogP contribution in [-0.4, -0.2) is 9.52 Å². The highest BCUT2D eigenvalue weighted by Crippen LogP contribution is 2.51. The Kier molecular flexibility index (Phi) is 8.40. The average molecular weight is 696 g/mol. The van der Waals surface area contributed by atoms with E-state index in [1.54, 1.807) is 0 Å². The third-order valence-electron chi connectivity index (χ3n) is 10.1. The highest BCUT2D eigenvalue weighted by atomic mass is 35.5. The highest BCUT2D eigenvalue weighted by Gasteiger charge is 2.33. The smallest absolute Gasteiger partial charge is 0.130 e. The monoisotopic (exact) mass is 694 g/mol. The predicted molar refractivity (Wildman–Crippen MR) is 207 cm³/mol. The van der Waals surface area contributed by atoms with Gasteiger partial charge in [-0.2, -0.15) is 0 Å². The van der Waals surface area contributed by atoms with Crippen LogP contribution in [-0.2, 0) is 0 Å². The molecule has 0 bridgehead atoms. The number of hydrogen-bond acceptors (Lipinski definition) is 2. The number of hydrogen-bond donors (Lipinski definition) is 0. The summed E-state index contributed by atoms with van der Waals surface area (Å²) >= 11 is 12.6. The SMILES string of the molecule is Cc1ccc(C2=Cc3c(ccc(C)c3-c3ccc(Cl)cc3)C2C[Si]CC2C(c3ccc(C)o3)=Cc3c2ccc(C)c3-c2ccc(Cl)cc2)o1. The third kappa shape index (κ3) is 5.88. The van der Waals surface area contributed by atoms with E-state index in [4.69, 9.17) is 32.0 Å². The van der Waals surface area contributed by atoms with Crippen LogP contribution in [0.1, 0.15) is 68.3 Å². The first-order valence-corrected chi connectivity index (χ1v) is 19.0. The second-order valence-corrected chi connectivity index (χ2v) is 15.5. The summed E-state index contributed by atoms with van der Waals surface area (Å²) in [6.45, 7) is 8.44. The van der Waals surface area contributed by atoms with Crippen LogP contribution in [0.2, 0.25) is 22.1 Å². The van der Waals surface area contributed by atoms with Gasteiger partial charge >= 0.3 is 0 Å². The summed E-state index contributed by atoms with van der Waals surface area (Å²) in [4.78, 5) is 0. The zero-order valence-electron chi connectivity index (χ0n) is 28.0. The number of fused-ring (bicyclic) bond motifs is 2. The lowest BCUT2D eigenvalue weighted by Crippen LogP contribution is -2.08. The van der Waals surface area contributed by atoms with Crippen LogP contribution in [0.3, 0.4) is 0 Å². The molecular formula is C44H36Cl2O2Si. The topological polar surface area (TPSA) is 26.3 Å². The minimum absolute atomic E-state index is 0.243. The number of furan rings is 2. The number of allylic oxidation sites excluding steroid dienone is 2. The minimum atomic E-state index is 0.243. The van der Waals surface area contributed by atoms with Crippen LogP contribution in [0.4, 0.5) is 0 Å². The molecule has 0 spiro atoms.